The monoisotopic (exact) mass is 562 g/mol. The Labute approximate surface area is 232 Å². The number of carbonyl (C=O) groups excluding carboxylic acids is 2. The Morgan fingerprint density at radius 2 is 1.56 bits per heavy atom. The van der Waals surface area contributed by atoms with Crippen LogP contribution >= 0.6 is 46.6 Å². The molecule has 3 aromatic rings. The maximum Gasteiger partial charge on any atom is 0.243 e. The van der Waals surface area contributed by atoms with Gasteiger partial charge in [0, 0.05) is 44.5 Å². The van der Waals surface area contributed by atoms with Gasteiger partial charge >= 0.3 is 0 Å². The van der Waals surface area contributed by atoms with Crippen molar-refractivity contribution in [1.29, 1.82) is 0 Å². The van der Waals surface area contributed by atoms with E-state index in [4.69, 9.17) is 34.8 Å². The van der Waals surface area contributed by atoms with E-state index >= 15 is 0 Å². The summed E-state index contributed by atoms with van der Waals surface area (Å²) in [5.41, 5.74) is 1.57. The highest BCUT2D eigenvalue weighted by atomic mass is 35.5. The van der Waals surface area contributed by atoms with Crippen molar-refractivity contribution in [2.24, 2.45) is 0 Å². The van der Waals surface area contributed by atoms with E-state index in [1.165, 1.54) is 11.8 Å². The van der Waals surface area contributed by atoms with Gasteiger partial charge in [-0.2, -0.15) is 0 Å². The highest BCUT2D eigenvalue weighted by molar-refractivity contribution is 8.00. The van der Waals surface area contributed by atoms with Crippen LogP contribution < -0.4 is 5.32 Å². The molecular weight excluding hydrogens is 535 g/mol. The number of amides is 2. The fraction of sp³-hybridized carbons (Fsp3) is 0.286. The van der Waals surface area contributed by atoms with Gasteiger partial charge in [-0.3, -0.25) is 9.59 Å². The summed E-state index contributed by atoms with van der Waals surface area (Å²) in [4.78, 5) is 29.8. The topological polar surface area (TPSA) is 49.4 Å². The van der Waals surface area contributed by atoms with Gasteiger partial charge in [0.1, 0.15) is 6.04 Å². The third kappa shape index (κ3) is 8.17. The minimum atomic E-state index is -0.743. The largest absolute Gasteiger partial charge is 0.352 e. The van der Waals surface area contributed by atoms with E-state index in [1.807, 2.05) is 56.3 Å². The predicted molar refractivity (Wildman–Crippen MR) is 151 cm³/mol. The van der Waals surface area contributed by atoms with Gasteiger partial charge in [0.05, 0.1) is 5.75 Å². The van der Waals surface area contributed by atoms with E-state index in [9.17, 15) is 9.59 Å². The van der Waals surface area contributed by atoms with Crippen molar-refractivity contribution in [3.8, 4) is 0 Å². The molecule has 0 spiro atoms. The summed E-state index contributed by atoms with van der Waals surface area (Å²) in [5, 5.41) is 4.59. The van der Waals surface area contributed by atoms with E-state index in [0.29, 0.717) is 27.1 Å². The first-order valence-electron chi connectivity index (χ1n) is 11.7. The van der Waals surface area contributed by atoms with Crippen molar-refractivity contribution < 1.29 is 9.59 Å². The van der Waals surface area contributed by atoms with Crippen LogP contribution in [0.1, 0.15) is 31.4 Å². The average Bonchev–Trinajstić information content (AvgIpc) is 2.87. The molecule has 0 aromatic heterocycles. The van der Waals surface area contributed by atoms with Crippen LogP contribution in [0, 0.1) is 0 Å². The minimum absolute atomic E-state index is 0.0277. The maximum absolute atomic E-state index is 13.7. The van der Waals surface area contributed by atoms with Crippen LogP contribution in [0.2, 0.25) is 15.1 Å². The maximum atomic E-state index is 13.7. The zero-order chi connectivity index (χ0) is 26.1. The van der Waals surface area contributed by atoms with Gasteiger partial charge in [-0.1, -0.05) is 78.1 Å². The van der Waals surface area contributed by atoms with Crippen LogP contribution in [0.4, 0.5) is 0 Å². The van der Waals surface area contributed by atoms with Gasteiger partial charge < -0.3 is 10.2 Å². The molecule has 36 heavy (non-hydrogen) atoms. The Morgan fingerprint density at radius 3 is 2.17 bits per heavy atom. The first kappa shape index (κ1) is 28.4. The second-order valence-corrected chi connectivity index (χ2v) is 10.8. The molecule has 190 valence electrons. The Bertz CT molecular complexity index is 1140. The summed E-state index contributed by atoms with van der Waals surface area (Å²) in [7, 11) is 0. The smallest absolute Gasteiger partial charge is 0.243 e. The number of carbonyl (C=O) groups is 2. The summed E-state index contributed by atoms with van der Waals surface area (Å²) >= 11 is 20.3. The average molecular weight is 564 g/mol. The van der Waals surface area contributed by atoms with Crippen molar-refractivity contribution in [1.82, 2.24) is 10.2 Å². The standard InChI is InChI=1S/C28H29Cl3N2O2S/c1-3-19(2)32-28(35)26(16-20-8-5-4-6-9-20)33(17-23-24(30)10-7-11-25(23)31)27(34)18-36-22-14-12-21(29)13-15-22/h4-15,19,26H,3,16-18H2,1-2H3,(H,32,35)/t19-,26-/m1/s1. The molecule has 3 rings (SSSR count). The molecule has 3 aromatic carbocycles. The Hall–Kier alpha value is -2.18. The van der Waals surface area contributed by atoms with Gasteiger partial charge in [-0.25, -0.2) is 0 Å². The Morgan fingerprint density at radius 1 is 0.917 bits per heavy atom. The van der Waals surface area contributed by atoms with E-state index in [0.717, 1.165) is 16.9 Å². The Kier molecular flexibility index (Phi) is 11.0. The number of hydrogen-bond donors (Lipinski definition) is 1. The van der Waals surface area contributed by atoms with Crippen molar-refractivity contribution in [3.05, 3.63) is 99.0 Å². The summed E-state index contributed by atoms with van der Waals surface area (Å²) in [6.07, 6.45) is 1.14. The number of halogens is 3. The molecule has 0 fully saturated rings. The number of rotatable bonds is 11. The summed E-state index contributed by atoms with van der Waals surface area (Å²) in [6.45, 7) is 4.07. The number of benzene rings is 3. The number of nitrogens with one attached hydrogen (secondary N) is 1. The molecule has 2 atom stereocenters. The zero-order valence-electron chi connectivity index (χ0n) is 20.2. The molecular formula is C28H29Cl3N2O2S. The Balaban J connectivity index is 1.95. The molecule has 0 aliphatic carbocycles. The second-order valence-electron chi connectivity index (χ2n) is 8.49. The number of hydrogen-bond acceptors (Lipinski definition) is 3. The lowest BCUT2D eigenvalue weighted by atomic mass is 10.0. The third-order valence-electron chi connectivity index (χ3n) is 5.84. The molecule has 8 heteroatoms. The lowest BCUT2D eigenvalue weighted by molar-refractivity contribution is -0.139. The molecule has 2 amide bonds. The molecule has 0 unspecified atom stereocenters. The molecule has 0 aliphatic heterocycles. The van der Waals surface area contributed by atoms with Gasteiger partial charge in [-0.05, 0) is 55.3 Å². The lowest BCUT2D eigenvalue weighted by Gasteiger charge is -2.32. The third-order valence-corrected chi connectivity index (χ3v) is 7.80. The molecule has 0 bridgehead atoms. The van der Waals surface area contributed by atoms with Crippen molar-refractivity contribution >= 4 is 58.4 Å². The fourth-order valence-electron chi connectivity index (χ4n) is 3.61. The first-order valence-corrected chi connectivity index (χ1v) is 13.9. The van der Waals surface area contributed by atoms with Crippen molar-refractivity contribution in [2.45, 2.75) is 50.2 Å². The molecule has 0 heterocycles. The molecule has 0 aliphatic rings. The highest BCUT2D eigenvalue weighted by Gasteiger charge is 2.31. The van der Waals surface area contributed by atoms with Gasteiger partial charge in [-0.15, -0.1) is 11.8 Å². The first-order chi connectivity index (χ1) is 17.3. The van der Waals surface area contributed by atoms with Crippen LogP contribution in [0.5, 0.6) is 0 Å². The highest BCUT2D eigenvalue weighted by Crippen LogP contribution is 2.28. The van der Waals surface area contributed by atoms with Crippen LogP contribution in [0.15, 0.2) is 77.7 Å². The van der Waals surface area contributed by atoms with Crippen molar-refractivity contribution in [2.75, 3.05) is 5.75 Å². The van der Waals surface area contributed by atoms with Gasteiger partial charge in [0.25, 0.3) is 0 Å². The number of thioether (sulfide) groups is 1. The van der Waals surface area contributed by atoms with E-state index in [2.05, 4.69) is 5.32 Å². The molecule has 0 saturated carbocycles. The van der Waals surface area contributed by atoms with Gasteiger partial charge in [0.2, 0.25) is 11.8 Å². The van der Waals surface area contributed by atoms with Crippen LogP contribution in [-0.2, 0) is 22.6 Å². The summed E-state index contributed by atoms with van der Waals surface area (Å²) in [6, 6.07) is 21.4. The molecule has 1 N–H and O–H groups in total. The van der Waals surface area contributed by atoms with Crippen LogP contribution in [0.25, 0.3) is 0 Å². The van der Waals surface area contributed by atoms with Crippen LogP contribution in [-0.4, -0.2) is 34.6 Å². The quantitative estimate of drug-likeness (QED) is 0.249. The summed E-state index contributed by atoms with van der Waals surface area (Å²) < 4.78 is 0. The van der Waals surface area contributed by atoms with Gasteiger partial charge in [0.15, 0.2) is 0 Å². The minimum Gasteiger partial charge on any atom is -0.352 e. The molecule has 4 nitrogen and oxygen atoms in total. The van der Waals surface area contributed by atoms with E-state index in [-0.39, 0.29) is 30.2 Å². The summed E-state index contributed by atoms with van der Waals surface area (Å²) in [5.74, 6) is -0.251. The SMILES string of the molecule is CC[C@@H](C)NC(=O)[C@@H](Cc1ccccc1)N(Cc1c(Cl)cccc1Cl)C(=O)CSc1ccc(Cl)cc1. The predicted octanol–water partition coefficient (Wildman–Crippen LogP) is 7.29. The number of nitrogens with zero attached hydrogens (tertiary/aromatic N) is 1. The van der Waals surface area contributed by atoms with E-state index < -0.39 is 6.04 Å². The molecule has 0 radical (unpaired) electrons. The second kappa shape index (κ2) is 13.9. The van der Waals surface area contributed by atoms with E-state index in [1.54, 1.807) is 35.2 Å². The van der Waals surface area contributed by atoms with Crippen molar-refractivity contribution in [3.63, 3.8) is 0 Å². The fourth-order valence-corrected chi connectivity index (χ4v) is 5.04. The van der Waals surface area contributed by atoms with Crippen LogP contribution in [0.3, 0.4) is 0 Å². The zero-order valence-corrected chi connectivity index (χ0v) is 23.3. The lowest BCUT2D eigenvalue weighted by Crippen LogP contribution is -2.52. The normalized spacial score (nSPS) is 12.6. The molecule has 0 saturated heterocycles.